The van der Waals surface area contributed by atoms with Crippen LogP contribution in [-0.2, 0) is 19.6 Å². The van der Waals surface area contributed by atoms with Gasteiger partial charge in [0.2, 0.25) is 15.9 Å². The van der Waals surface area contributed by atoms with Crippen molar-refractivity contribution in [2.45, 2.75) is 43.0 Å². The molecule has 1 aliphatic rings. The van der Waals surface area contributed by atoms with Crippen LogP contribution in [0.2, 0.25) is 20.1 Å². The van der Waals surface area contributed by atoms with E-state index in [0.717, 1.165) is 41.4 Å². The minimum absolute atomic E-state index is 0.0259. The topological polar surface area (TPSA) is 79.0 Å². The lowest BCUT2D eigenvalue weighted by molar-refractivity contribution is -0.125. The second-order valence-electron chi connectivity index (χ2n) is 10.5. The summed E-state index contributed by atoms with van der Waals surface area (Å²) in [7, 11) is 1.70. The first-order chi connectivity index (χ1) is 18.9. The predicted octanol–water partition coefficient (Wildman–Crippen LogP) is 6.55. The number of nitrogens with one attached hydrogen (secondary N) is 1. The first kappa shape index (κ1) is 33.4. The Balaban J connectivity index is 1.35. The average Bonchev–Trinajstić information content (AvgIpc) is 2.87. The Morgan fingerprint density at radius 3 is 2.15 bits per heavy atom. The van der Waals surface area contributed by atoms with Crippen molar-refractivity contribution in [1.29, 1.82) is 0 Å². The second kappa shape index (κ2) is 15.4. The van der Waals surface area contributed by atoms with Crippen molar-refractivity contribution in [2.75, 3.05) is 47.4 Å². The van der Waals surface area contributed by atoms with Crippen LogP contribution in [0.5, 0.6) is 0 Å². The lowest BCUT2D eigenvalue weighted by Crippen LogP contribution is -2.34. The van der Waals surface area contributed by atoms with E-state index in [4.69, 9.17) is 51.1 Å². The van der Waals surface area contributed by atoms with Crippen molar-refractivity contribution in [3.8, 4) is 0 Å². The van der Waals surface area contributed by atoms with Gasteiger partial charge in [0, 0.05) is 36.2 Å². The Bertz CT molecular complexity index is 1210. The smallest absolute Gasteiger partial charge is 0.245 e. The van der Waals surface area contributed by atoms with E-state index >= 15 is 0 Å². The van der Waals surface area contributed by atoms with Gasteiger partial charge >= 0.3 is 0 Å². The van der Waals surface area contributed by atoms with Crippen LogP contribution in [0.4, 0.5) is 0 Å². The van der Waals surface area contributed by atoms with Gasteiger partial charge in [-0.3, -0.25) is 4.79 Å². The largest absolute Gasteiger partial charge is 0.370 e. The zero-order valence-corrected chi connectivity index (χ0v) is 26.8. The highest BCUT2D eigenvalue weighted by molar-refractivity contribution is 7.89. The molecule has 2 aromatic carbocycles. The fourth-order valence-corrected chi connectivity index (χ4v) is 8.09. The molecule has 0 radical (unpaired) electrons. The van der Waals surface area contributed by atoms with Crippen molar-refractivity contribution in [1.82, 2.24) is 14.5 Å². The second-order valence-corrected chi connectivity index (χ2v) is 14.1. The van der Waals surface area contributed by atoms with Crippen LogP contribution in [0.15, 0.2) is 41.3 Å². The van der Waals surface area contributed by atoms with E-state index in [1.165, 1.54) is 24.7 Å². The summed E-state index contributed by atoms with van der Waals surface area (Å²) >= 11 is 24.1. The molecule has 2 aromatic rings. The molecule has 0 heterocycles. The maximum absolute atomic E-state index is 12.9. The zero-order chi connectivity index (χ0) is 29.4. The third-order valence-electron chi connectivity index (χ3n) is 7.40. The van der Waals surface area contributed by atoms with Gasteiger partial charge in [-0.2, -0.15) is 4.31 Å². The first-order valence-corrected chi connectivity index (χ1v) is 16.2. The van der Waals surface area contributed by atoms with Crippen LogP contribution in [0.25, 0.3) is 0 Å². The van der Waals surface area contributed by atoms with Crippen LogP contribution < -0.4 is 5.32 Å². The van der Waals surface area contributed by atoms with Crippen LogP contribution in [-0.4, -0.2) is 71.0 Å². The third kappa shape index (κ3) is 9.20. The van der Waals surface area contributed by atoms with Gasteiger partial charge in [-0.25, -0.2) is 8.42 Å². The number of nitrogens with zero attached hydrogens (tertiary/aromatic N) is 2. The van der Waals surface area contributed by atoms with Crippen molar-refractivity contribution in [3.63, 3.8) is 0 Å². The minimum atomic E-state index is -3.95. The molecule has 1 aliphatic carbocycles. The molecule has 1 amide bonds. The van der Waals surface area contributed by atoms with Crippen LogP contribution in [0.3, 0.4) is 0 Å². The molecule has 1 fully saturated rings. The van der Waals surface area contributed by atoms with E-state index < -0.39 is 10.0 Å². The van der Waals surface area contributed by atoms with E-state index in [1.807, 2.05) is 12.1 Å². The van der Waals surface area contributed by atoms with Crippen molar-refractivity contribution < 1.29 is 17.9 Å². The van der Waals surface area contributed by atoms with E-state index in [-0.39, 0.29) is 45.6 Å². The normalized spacial score (nSPS) is 18.7. The van der Waals surface area contributed by atoms with E-state index in [9.17, 15) is 13.2 Å². The molecule has 0 aromatic heterocycles. The summed E-state index contributed by atoms with van der Waals surface area (Å²) in [6.45, 7) is 0.511. The molecule has 222 valence electrons. The molecular weight excluding hydrogens is 616 g/mol. The zero-order valence-electron chi connectivity index (χ0n) is 23.0. The Morgan fingerprint density at radius 1 is 0.975 bits per heavy atom. The number of likely N-dealkylation sites (N-methyl/N-ethyl adjacent to an activating group) is 1. The van der Waals surface area contributed by atoms with E-state index in [1.54, 1.807) is 0 Å². The summed E-state index contributed by atoms with van der Waals surface area (Å²) in [6, 6.07) is 11.2. The van der Waals surface area contributed by atoms with Gasteiger partial charge in [-0.05, 0) is 75.0 Å². The van der Waals surface area contributed by atoms with Gasteiger partial charge in [0.15, 0.2) is 0 Å². The highest BCUT2D eigenvalue weighted by Crippen LogP contribution is 2.40. The summed E-state index contributed by atoms with van der Waals surface area (Å²) < 4.78 is 32.2. The van der Waals surface area contributed by atoms with E-state index in [2.05, 4.69) is 36.4 Å². The van der Waals surface area contributed by atoms with Crippen LogP contribution >= 0.6 is 46.4 Å². The van der Waals surface area contributed by atoms with Gasteiger partial charge in [0.25, 0.3) is 0 Å². The van der Waals surface area contributed by atoms with Gasteiger partial charge in [-0.15, -0.1) is 0 Å². The summed E-state index contributed by atoms with van der Waals surface area (Å²) in [6.07, 6.45) is 5.50. The van der Waals surface area contributed by atoms with Gasteiger partial charge in [-0.1, -0.05) is 71.4 Å². The molecular formula is C28H37Cl4N3O4S. The van der Waals surface area contributed by atoms with Crippen molar-refractivity contribution >= 4 is 62.3 Å². The molecule has 1 N–H and O–H groups in total. The van der Waals surface area contributed by atoms with Gasteiger partial charge in [0.05, 0.1) is 16.7 Å². The molecule has 0 bridgehead atoms. The molecule has 0 spiro atoms. The number of amides is 1. The number of rotatable bonds is 13. The van der Waals surface area contributed by atoms with Crippen LogP contribution in [0.1, 0.15) is 43.7 Å². The highest BCUT2D eigenvalue weighted by atomic mass is 35.5. The minimum Gasteiger partial charge on any atom is -0.370 e. The summed E-state index contributed by atoms with van der Waals surface area (Å²) in [5.74, 6) is 0.943. The predicted molar refractivity (Wildman–Crippen MR) is 163 cm³/mol. The lowest BCUT2D eigenvalue weighted by Gasteiger charge is -2.37. The van der Waals surface area contributed by atoms with Gasteiger partial charge in [0.1, 0.15) is 11.5 Å². The number of hydrogen-bond donors (Lipinski definition) is 1. The van der Waals surface area contributed by atoms with Crippen molar-refractivity contribution in [3.05, 3.63) is 62.1 Å². The number of ether oxygens (including phenoxy) is 1. The van der Waals surface area contributed by atoms with E-state index in [0.29, 0.717) is 24.4 Å². The number of benzene rings is 2. The quantitative estimate of drug-likeness (QED) is 0.248. The summed E-state index contributed by atoms with van der Waals surface area (Å²) in [4.78, 5) is 14.3. The molecule has 7 nitrogen and oxygen atoms in total. The lowest BCUT2D eigenvalue weighted by atomic mass is 9.75. The maximum Gasteiger partial charge on any atom is 0.245 e. The SMILES string of the molecule is CN(C)C(c1ccc(Cl)cc1)C1CCC(CCNC(=O)COCCN(C)S(=O)(=O)c2c(Cl)cc(Cl)cc2Cl)CC1. The number of hydrogen-bond acceptors (Lipinski definition) is 5. The fraction of sp³-hybridized carbons (Fsp3) is 0.536. The molecule has 0 saturated heterocycles. The number of halogens is 4. The highest BCUT2D eigenvalue weighted by Gasteiger charge is 2.30. The third-order valence-corrected chi connectivity index (χ3v) is 10.6. The Kier molecular flexibility index (Phi) is 12.9. The molecule has 3 rings (SSSR count). The standard InChI is InChI=1S/C28H37Cl4N3O4S/c1-34(2)27(21-8-10-22(29)11-9-21)20-6-4-19(5-7-20)12-13-33-26(36)18-39-15-14-35(3)40(37,38)28-24(31)16-23(30)17-25(28)32/h8-11,16-17,19-20,27H,4-7,12-15,18H2,1-3H3,(H,33,36). The number of carbonyl (C=O) groups is 1. The van der Waals surface area contributed by atoms with Crippen molar-refractivity contribution in [2.24, 2.45) is 11.8 Å². The average molecular weight is 654 g/mol. The maximum atomic E-state index is 12.9. The molecule has 1 saturated carbocycles. The monoisotopic (exact) mass is 651 g/mol. The van der Waals surface area contributed by atoms with Gasteiger partial charge < -0.3 is 15.0 Å². The molecule has 1 atom stereocenters. The Hall–Kier alpha value is -1.10. The Labute approximate surface area is 258 Å². The first-order valence-electron chi connectivity index (χ1n) is 13.3. The number of carbonyl (C=O) groups excluding carboxylic acids is 1. The Morgan fingerprint density at radius 2 is 1.57 bits per heavy atom. The summed E-state index contributed by atoms with van der Waals surface area (Å²) in [5, 5.41) is 3.79. The molecule has 12 heteroatoms. The fourth-order valence-electron chi connectivity index (χ4n) is 5.32. The summed E-state index contributed by atoms with van der Waals surface area (Å²) in [5.41, 5.74) is 1.30. The number of sulfonamides is 1. The van der Waals surface area contributed by atoms with Crippen LogP contribution in [0, 0.1) is 11.8 Å². The molecule has 1 unspecified atom stereocenters. The molecule has 0 aliphatic heterocycles. The molecule has 40 heavy (non-hydrogen) atoms.